The van der Waals surface area contributed by atoms with Gasteiger partial charge in [0.05, 0.1) is 0 Å². The molecular formula is C8H22N2. The van der Waals surface area contributed by atoms with Crippen molar-refractivity contribution < 1.29 is 0 Å². The summed E-state index contributed by atoms with van der Waals surface area (Å²) in [6.07, 6.45) is 2.45. The van der Waals surface area contributed by atoms with Crippen LogP contribution in [0.1, 0.15) is 40.5 Å². The largest absolute Gasteiger partial charge is 0.344 e. The molecule has 0 fully saturated rings. The lowest BCUT2D eigenvalue weighted by atomic mass is 10.2. The summed E-state index contributed by atoms with van der Waals surface area (Å²) in [6, 6.07) is 1.36. The highest BCUT2D eigenvalue weighted by Gasteiger charge is 2.00. The second-order valence-corrected chi connectivity index (χ2v) is 2.79. The van der Waals surface area contributed by atoms with Crippen molar-refractivity contribution in [3.05, 3.63) is 0 Å². The Morgan fingerprint density at radius 3 is 1.50 bits per heavy atom. The molecule has 2 heteroatoms. The minimum atomic E-state index is 0. The Balaban J connectivity index is 0. The van der Waals surface area contributed by atoms with Crippen molar-refractivity contribution >= 4 is 0 Å². The minimum absolute atomic E-state index is 0. The van der Waals surface area contributed by atoms with Crippen LogP contribution in [-0.2, 0) is 0 Å². The zero-order valence-corrected chi connectivity index (χ0v) is 7.78. The lowest BCUT2D eigenvalue weighted by Crippen LogP contribution is -2.33. The maximum Gasteiger partial charge on any atom is 0.00385 e. The molecule has 0 aliphatic rings. The van der Waals surface area contributed by atoms with Crippen LogP contribution in [0.15, 0.2) is 0 Å². The monoisotopic (exact) mass is 146 g/mol. The zero-order valence-electron chi connectivity index (χ0n) is 7.78. The summed E-state index contributed by atoms with van der Waals surface area (Å²) < 4.78 is 0. The van der Waals surface area contributed by atoms with Crippen LogP contribution >= 0.6 is 0 Å². The second-order valence-electron chi connectivity index (χ2n) is 2.79. The molecule has 0 saturated carbocycles. The Kier molecular flexibility index (Phi) is 8.85. The van der Waals surface area contributed by atoms with E-state index in [1.54, 1.807) is 0 Å². The Labute approximate surface area is 65.0 Å². The van der Waals surface area contributed by atoms with Crippen LogP contribution in [0.3, 0.4) is 0 Å². The first-order valence-electron chi connectivity index (χ1n) is 3.96. The van der Waals surface area contributed by atoms with Gasteiger partial charge in [-0.05, 0) is 26.7 Å². The third-order valence-electron chi connectivity index (χ3n) is 1.79. The lowest BCUT2D eigenvalue weighted by molar-refractivity contribution is 0.449. The second kappa shape index (κ2) is 7.03. The van der Waals surface area contributed by atoms with Gasteiger partial charge in [0.15, 0.2) is 0 Å². The number of rotatable bonds is 4. The van der Waals surface area contributed by atoms with Crippen LogP contribution in [0, 0.1) is 0 Å². The van der Waals surface area contributed by atoms with Crippen molar-refractivity contribution in [2.45, 2.75) is 52.6 Å². The first-order chi connectivity index (χ1) is 4.20. The molecule has 2 unspecified atom stereocenters. The van der Waals surface area contributed by atoms with E-state index in [2.05, 4.69) is 33.0 Å². The van der Waals surface area contributed by atoms with E-state index in [-0.39, 0.29) is 6.15 Å². The van der Waals surface area contributed by atoms with Gasteiger partial charge in [-0.2, -0.15) is 0 Å². The molecule has 0 bridgehead atoms. The van der Waals surface area contributed by atoms with E-state index in [4.69, 9.17) is 0 Å². The van der Waals surface area contributed by atoms with Gasteiger partial charge >= 0.3 is 0 Å². The predicted octanol–water partition coefficient (Wildman–Crippen LogP) is 2.33. The molecular weight excluding hydrogens is 124 g/mol. The molecule has 0 rings (SSSR count). The Morgan fingerprint density at radius 1 is 1.00 bits per heavy atom. The van der Waals surface area contributed by atoms with E-state index in [1.165, 1.54) is 12.8 Å². The molecule has 0 aliphatic heterocycles. The van der Waals surface area contributed by atoms with Gasteiger partial charge in [0.2, 0.25) is 0 Å². The first kappa shape index (κ1) is 12.6. The first-order valence-corrected chi connectivity index (χ1v) is 3.96. The average molecular weight is 146 g/mol. The van der Waals surface area contributed by atoms with E-state index in [1.807, 2.05) is 0 Å². The third-order valence-corrected chi connectivity index (χ3v) is 1.79. The van der Waals surface area contributed by atoms with Crippen molar-refractivity contribution in [2.75, 3.05) is 0 Å². The third kappa shape index (κ3) is 6.05. The summed E-state index contributed by atoms with van der Waals surface area (Å²) in [5.41, 5.74) is 0. The Morgan fingerprint density at radius 2 is 1.30 bits per heavy atom. The molecule has 0 aromatic rings. The molecule has 0 radical (unpaired) electrons. The quantitative estimate of drug-likeness (QED) is 0.639. The molecule has 4 N–H and O–H groups in total. The standard InChI is InChI=1S/C8H19N.H3N/c1-5-7(3)9-8(4)6-2;/h7-9H,5-6H2,1-4H3;1H3. The van der Waals surface area contributed by atoms with E-state index in [0.29, 0.717) is 12.1 Å². The molecule has 10 heavy (non-hydrogen) atoms. The van der Waals surface area contributed by atoms with Crippen molar-refractivity contribution in [1.82, 2.24) is 11.5 Å². The van der Waals surface area contributed by atoms with Gasteiger partial charge in [-0.3, -0.25) is 0 Å². The highest BCUT2D eigenvalue weighted by molar-refractivity contribution is 4.63. The molecule has 0 aliphatic carbocycles. The van der Waals surface area contributed by atoms with Crippen LogP contribution in [0.2, 0.25) is 0 Å². The molecule has 0 aromatic carbocycles. The molecule has 2 nitrogen and oxygen atoms in total. The minimum Gasteiger partial charge on any atom is -0.344 e. The fourth-order valence-corrected chi connectivity index (χ4v) is 0.721. The van der Waals surface area contributed by atoms with Crippen LogP contribution in [-0.4, -0.2) is 12.1 Å². The number of nitrogens with one attached hydrogen (secondary N) is 1. The van der Waals surface area contributed by atoms with Crippen LogP contribution < -0.4 is 11.5 Å². The predicted molar refractivity (Wildman–Crippen MR) is 47.7 cm³/mol. The summed E-state index contributed by atoms with van der Waals surface area (Å²) in [6.45, 7) is 8.87. The zero-order chi connectivity index (χ0) is 7.28. The van der Waals surface area contributed by atoms with Crippen molar-refractivity contribution in [3.63, 3.8) is 0 Å². The molecule has 0 aromatic heterocycles. The highest BCUT2D eigenvalue weighted by atomic mass is 14.9. The molecule has 0 heterocycles. The average Bonchev–Trinajstić information content (AvgIpc) is 1.87. The topological polar surface area (TPSA) is 47.0 Å². The maximum atomic E-state index is 3.48. The lowest BCUT2D eigenvalue weighted by Gasteiger charge is -2.16. The summed E-state index contributed by atoms with van der Waals surface area (Å²) in [7, 11) is 0. The maximum absolute atomic E-state index is 3.48. The van der Waals surface area contributed by atoms with Gasteiger partial charge in [0.25, 0.3) is 0 Å². The van der Waals surface area contributed by atoms with E-state index in [0.717, 1.165) is 0 Å². The van der Waals surface area contributed by atoms with Crippen LogP contribution in [0.4, 0.5) is 0 Å². The Hall–Kier alpha value is -0.0800. The highest BCUT2D eigenvalue weighted by Crippen LogP contribution is 1.93. The molecule has 0 saturated heterocycles. The van der Waals surface area contributed by atoms with Gasteiger partial charge in [-0.25, -0.2) is 0 Å². The van der Waals surface area contributed by atoms with Gasteiger partial charge in [-0.1, -0.05) is 13.8 Å². The smallest absolute Gasteiger partial charge is 0.00385 e. The molecule has 0 spiro atoms. The van der Waals surface area contributed by atoms with Crippen LogP contribution in [0.5, 0.6) is 0 Å². The van der Waals surface area contributed by atoms with Crippen molar-refractivity contribution in [1.29, 1.82) is 0 Å². The molecule has 0 amide bonds. The Bertz CT molecular complexity index is 56.3. The van der Waals surface area contributed by atoms with Crippen LogP contribution in [0.25, 0.3) is 0 Å². The van der Waals surface area contributed by atoms with Gasteiger partial charge in [0, 0.05) is 12.1 Å². The van der Waals surface area contributed by atoms with E-state index >= 15 is 0 Å². The molecule has 2 atom stereocenters. The summed E-state index contributed by atoms with van der Waals surface area (Å²) in [5.74, 6) is 0. The van der Waals surface area contributed by atoms with Gasteiger partial charge in [0.1, 0.15) is 0 Å². The van der Waals surface area contributed by atoms with Gasteiger partial charge < -0.3 is 11.5 Å². The summed E-state index contributed by atoms with van der Waals surface area (Å²) in [5, 5.41) is 3.48. The van der Waals surface area contributed by atoms with Crippen molar-refractivity contribution in [2.24, 2.45) is 0 Å². The molecule has 64 valence electrons. The fraction of sp³-hybridized carbons (Fsp3) is 1.00. The van der Waals surface area contributed by atoms with Gasteiger partial charge in [-0.15, -0.1) is 0 Å². The van der Waals surface area contributed by atoms with Crippen molar-refractivity contribution in [3.8, 4) is 0 Å². The van der Waals surface area contributed by atoms with E-state index in [9.17, 15) is 0 Å². The SMILES string of the molecule is CCC(C)NC(C)CC.N. The summed E-state index contributed by atoms with van der Waals surface area (Å²) >= 11 is 0. The normalized spacial score (nSPS) is 15.6. The summed E-state index contributed by atoms with van der Waals surface area (Å²) in [4.78, 5) is 0. The number of hydrogen-bond acceptors (Lipinski definition) is 2. The fourth-order valence-electron chi connectivity index (χ4n) is 0.721. The van der Waals surface area contributed by atoms with E-state index < -0.39 is 0 Å². The number of hydrogen-bond donors (Lipinski definition) is 2.